The molecular weight excluding hydrogens is 289 g/mol. The van der Waals surface area contributed by atoms with E-state index < -0.39 is 18.6 Å². The summed E-state index contributed by atoms with van der Waals surface area (Å²) < 4.78 is 35.8. The molecule has 8 heteroatoms. The van der Waals surface area contributed by atoms with Crippen molar-refractivity contribution in [3.05, 3.63) is 0 Å². The van der Waals surface area contributed by atoms with Gasteiger partial charge in [-0.15, -0.1) is 0 Å². The molecule has 2 aliphatic rings. The van der Waals surface area contributed by atoms with Crippen molar-refractivity contribution in [1.29, 1.82) is 0 Å². The van der Waals surface area contributed by atoms with E-state index in [0.717, 1.165) is 17.7 Å². The van der Waals surface area contributed by atoms with Gasteiger partial charge in [0.1, 0.15) is 6.54 Å². The number of hydrogen-bond acceptors (Lipinski definition) is 3. The predicted octanol–water partition coefficient (Wildman–Crippen LogP) is 1.23. The highest BCUT2D eigenvalue weighted by molar-refractivity contribution is 6.05. The molecule has 2 unspecified atom stereocenters. The molecule has 2 fully saturated rings. The molecule has 2 rings (SSSR count). The van der Waals surface area contributed by atoms with Gasteiger partial charge in [0, 0.05) is 13.0 Å². The van der Waals surface area contributed by atoms with Crippen LogP contribution in [0.5, 0.6) is 0 Å². The molecule has 1 heterocycles. The molecule has 2 atom stereocenters. The fourth-order valence-electron chi connectivity index (χ4n) is 2.95. The van der Waals surface area contributed by atoms with Gasteiger partial charge in [0.15, 0.2) is 0 Å². The van der Waals surface area contributed by atoms with Crippen LogP contribution in [0, 0.1) is 11.8 Å². The third kappa shape index (κ3) is 3.74. The molecular formula is C13H17F3N2O3. The van der Waals surface area contributed by atoms with Gasteiger partial charge in [0.05, 0.1) is 11.8 Å². The Hall–Kier alpha value is -1.60. The number of hydrogen-bond donors (Lipinski definition) is 1. The number of imide groups is 1. The zero-order valence-corrected chi connectivity index (χ0v) is 11.4. The maximum Gasteiger partial charge on any atom is 0.405 e. The first kappa shape index (κ1) is 15.8. The Morgan fingerprint density at radius 2 is 1.67 bits per heavy atom. The number of carbonyl (C=O) groups is 3. The largest absolute Gasteiger partial charge is 0.405 e. The average molecular weight is 306 g/mol. The van der Waals surface area contributed by atoms with Crippen LogP contribution >= 0.6 is 0 Å². The predicted molar refractivity (Wildman–Crippen MR) is 65.8 cm³/mol. The standard InChI is InChI=1S/C13H17F3N2O3/c14-13(15,16)7-17-10(19)5-6-18-11(20)8-3-1-2-4-9(8)12(18)21/h8-9H,1-7H2,(H,17,19). The molecule has 21 heavy (non-hydrogen) atoms. The van der Waals surface area contributed by atoms with Crippen molar-refractivity contribution in [3.8, 4) is 0 Å². The molecule has 1 aliphatic heterocycles. The van der Waals surface area contributed by atoms with E-state index >= 15 is 0 Å². The highest BCUT2D eigenvalue weighted by Gasteiger charge is 2.47. The number of fused-ring (bicyclic) bond motifs is 1. The molecule has 0 radical (unpaired) electrons. The van der Waals surface area contributed by atoms with Crippen LogP contribution in [-0.2, 0) is 14.4 Å². The fourth-order valence-corrected chi connectivity index (χ4v) is 2.95. The number of amides is 3. The van der Waals surface area contributed by atoms with Gasteiger partial charge in [-0.1, -0.05) is 12.8 Å². The lowest BCUT2D eigenvalue weighted by Crippen LogP contribution is -2.38. The van der Waals surface area contributed by atoms with Crippen molar-refractivity contribution in [3.63, 3.8) is 0 Å². The van der Waals surface area contributed by atoms with E-state index in [-0.39, 0.29) is 36.6 Å². The van der Waals surface area contributed by atoms with E-state index in [1.165, 1.54) is 0 Å². The molecule has 0 aromatic heterocycles. The van der Waals surface area contributed by atoms with E-state index in [0.29, 0.717) is 12.8 Å². The monoisotopic (exact) mass is 306 g/mol. The van der Waals surface area contributed by atoms with E-state index in [1.807, 2.05) is 0 Å². The van der Waals surface area contributed by atoms with E-state index in [2.05, 4.69) is 0 Å². The summed E-state index contributed by atoms with van der Waals surface area (Å²) in [5.74, 6) is -1.99. The molecule has 1 aliphatic carbocycles. The van der Waals surface area contributed by atoms with Crippen molar-refractivity contribution < 1.29 is 27.6 Å². The Balaban J connectivity index is 1.84. The Morgan fingerprint density at radius 3 is 2.14 bits per heavy atom. The van der Waals surface area contributed by atoms with Crippen molar-refractivity contribution in [2.24, 2.45) is 11.8 Å². The molecule has 3 amide bonds. The zero-order chi connectivity index (χ0) is 15.6. The number of alkyl halides is 3. The first-order valence-electron chi connectivity index (χ1n) is 6.98. The van der Waals surface area contributed by atoms with Gasteiger partial charge in [-0.2, -0.15) is 13.2 Å². The second-order valence-electron chi connectivity index (χ2n) is 5.47. The summed E-state index contributed by atoms with van der Waals surface area (Å²) in [6.07, 6.45) is -1.62. The first-order chi connectivity index (χ1) is 9.79. The highest BCUT2D eigenvalue weighted by atomic mass is 19.4. The van der Waals surface area contributed by atoms with Gasteiger partial charge in [0.2, 0.25) is 17.7 Å². The number of likely N-dealkylation sites (tertiary alicyclic amines) is 1. The summed E-state index contributed by atoms with van der Waals surface area (Å²) in [6, 6.07) is 0. The summed E-state index contributed by atoms with van der Waals surface area (Å²) in [5, 5.41) is 1.73. The third-order valence-corrected chi connectivity index (χ3v) is 3.98. The molecule has 0 bridgehead atoms. The molecule has 0 spiro atoms. The van der Waals surface area contributed by atoms with Crippen molar-refractivity contribution in [2.45, 2.75) is 38.3 Å². The maximum atomic E-state index is 12.1. The molecule has 0 aromatic rings. The lowest BCUT2D eigenvalue weighted by atomic mass is 9.81. The molecule has 0 aromatic carbocycles. The molecule has 1 saturated carbocycles. The molecule has 5 nitrogen and oxygen atoms in total. The van der Waals surface area contributed by atoms with Crippen LogP contribution in [0.2, 0.25) is 0 Å². The van der Waals surface area contributed by atoms with Gasteiger partial charge in [0.25, 0.3) is 0 Å². The summed E-state index contributed by atoms with van der Waals surface area (Å²) in [6.45, 7) is -1.55. The van der Waals surface area contributed by atoms with Crippen LogP contribution in [0.3, 0.4) is 0 Å². The lowest BCUT2D eigenvalue weighted by molar-refractivity contribution is -0.142. The summed E-state index contributed by atoms with van der Waals surface area (Å²) in [7, 11) is 0. The maximum absolute atomic E-state index is 12.1. The van der Waals surface area contributed by atoms with Crippen LogP contribution < -0.4 is 5.32 Å². The molecule has 1 N–H and O–H groups in total. The van der Waals surface area contributed by atoms with E-state index in [1.54, 1.807) is 5.32 Å². The number of nitrogens with zero attached hydrogens (tertiary/aromatic N) is 1. The van der Waals surface area contributed by atoms with Gasteiger partial charge in [-0.05, 0) is 12.8 Å². The summed E-state index contributed by atoms with van der Waals surface area (Å²) in [5.41, 5.74) is 0. The Labute approximate surface area is 119 Å². The lowest BCUT2D eigenvalue weighted by Gasteiger charge is -2.19. The molecule has 118 valence electrons. The Bertz CT molecular complexity index is 426. The van der Waals surface area contributed by atoms with Crippen LogP contribution in [0.1, 0.15) is 32.1 Å². The van der Waals surface area contributed by atoms with Crippen molar-refractivity contribution in [2.75, 3.05) is 13.1 Å². The van der Waals surface area contributed by atoms with E-state index in [9.17, 15) is 27.6 Å². The Morgan fingerprint density at radius 1 is 1.14 bits per heavy atom. The minimum absolute atomic E-state index is 0.144. The normalized spacial score (nSPS) is 26.0. The Kier molecular flexibility index (Phi) is 4.53. The minimum Gasteiger partial charge on any atom is -0.347 e. The van der Waals surface area contributed by atoms with Crippen molar-refractivity contribution >= 4 is 17.7 Å². The minimum atomic E-state index is -4.47. The van der Waals surface area contributed by atoms with Crippen LogP contribution in [0.4, 0.5) is 13.2 Å². The van der Waals surface area contributed by atoms with Crippen LogP contribution in [0.15, 0.2) is 0 Å². The quantitative estimate of drug-likeness (QED) is 0.795. The van der Waals surface area contributed by atoms with Gasteiger partial charge < -0.3 is 5.32 Å². The van der Waals surface area contributed by atoms with Gasteiger partial charge in [-0.25, -0.2) is 0 Å². The zero-order valence-electron chi connectivity index (χ0n) is 11.4. The van der Waals surface area contributed by atoms with E-state index in [4.69, 9.17) is 0 Å². The van der Waals surface area contributed by atoms with Crippen LogP contribution in [-0.4, -0.2) is 41.9 Å². The molecule has 1 saturated heterocycles. The number of carbonyl (C=O) groups excluding carboxylic acids is 3. The third-order valence-electron chi connectivity index (χ3n) is 3.98. The van der Waals surface area contributed by atoms with Crippen molar-refractivity contribution in [1.82, 2.24) is 10.2 Å². The summed E-state index contributed by atoms with van der Waals surface area (Å²) >= 11 is 0. The van der Waals surface area contributed by atoms with Gasteiger partial charge >= 0.3 is 6.18 Å². The van der Waals surface area contributed by atoms with Gasteiger partial charge in [-0.3, -0.25) is 19.3 Å². The first-order valence-corrected chi connectivity index (χ1v) is 6.98. The fraction of sp³-hybridized carbons (Fsp3) is 0.769. The second-order valence-corrected chi connectivity index (χ2v) is 5.47. The summed E-state index contributed by atoms with van der Waals surface area (Å²) in [4.78, 5) is 36.5. The number of rotatable bonds is 4. The second kappa shape index (κ2) is 6.03. The smallest absolute Gasteiger partial charge is 0.347 e. The topological polar surface area (TPSA) is 66.5 Å². The highest BCUT2D eigenvalue weighted by Crippen LogP contribution is 2.37. The number of nitrogens with one attached hydrogen (secondary N) is 1. The SMILES string of the molecule is O=C(CCN1C(=O)C2CCCCC2C1=O)NCC(F)(F)F. The van der Waals surface area contributed by atoms with Crippen LogP contribution in [0.25, 0.3) is 0 Å². The number of halogens is 3. The average Bonchev–Trinajstić information content (AvgIpc) is 2.67.